The van der Waals surface area contributed by atoms with E-state index in [-0.39, 0.29) is 35.7 Å². The minimum Gasteiger partial charge on any atom is -1.00 e. The van der Waals surface area contributed by atoms with Gasteiger partial charge in [0.15, 0.2) is 18.2 Å². The fraction of sp³-hybridized carbons (Fsp3) is 0.400. The van der Waals surface area contributed by atoms with Gasteiger partial charge in [-0.25, -0.2) is 9.36 Å². The molecule has 0 saturated carbocycles. The van der Waals surface area contributed by atoms with E-state index in [9.17, 15) is 9.59 Å². The molecule has 0 fully saturated rings. The molecule has 0 atom stereocenters. The summed E-state index contributed by atoms with van der Waals surface area (Å²) in [5.41, 5.74) is 1.57. The number of ether oxygens (including phenoxy) is 2. The van der Waals surface area contributed by atoms with Gasteiger partial charge in [-0.05, 0) is 49.6 Å². The molecule has 168 valence electrons. The Morgan fingerprint density at radius 3 is 2.23 bits per heavy atom. The van der Waals surface area contributed by atoms with Crippen LogP contribution in [-0.2, 0) is 16.6 Å². The Labute approximate surface area is 202 Å². The summed E-state index contributed by atoms with van der Waals surface area (Å²) in [5.74, 6) is 0.632. The van der Waals surface area contributed by atoms with Crippen LogP contribution in [0.2, 0.25) is 0 Å². The van der Waals surface area contributed by atoms with Crippen molar-refractivity contribution in [2.24, 2.45) is 7.05 Å². The summed E-state index contributed by atoms with van der Waals surface area (Å²) in [4.78, 5) is 22.9. The molecule has 0 amide bonds. The number of hydrogen-bond donors (Lipinski definition) is 0. The van der Waals surface area contributed by atoms with E-state index in [2.05, 4.69) is 0 Å². The normalized spacial score (nSPS) is 10.5. The summed E-state index contributed by atoms with van der Waals surface area (Å²) < 4.78 is 12.9. The lowest BCUT2D eigenvalue weighted by molar-refractivity contribution is -0.671. The Balaban J connectivity index is 0.00000480. The van der Waals surface area contributed by atoms with Gasteiger partial charge in [-0.2, -0.15) is 0 Å². The molecule has 0 radical (unpaired) electrons. The van der Waals surface area contributed by atoms with E-state index < -0.39 is 0 Å². The second-order valence-electron chi connectivity index (χ2n) is 7.38. The zero-order chi connectivity index (χ0) is 21.6. The van der Waals surface area contributed by atoms with Gasteiger partial charge < -0.3 is 33.5 Å². The number of carbonyl (C=O) groups excluding carboxylic acids is 2. The highest BCUT2D eigenvalue weighted by molar-refractivity contribution is 5.91. The largest absolute Gasteiger partial charge is 1.00 e. The lowest BCUT2D eigenvalue weighted by Gasteiger charge is -2.07. The van der Waals surface area contributed by atoms with E-state index in [0.717, 1.165) is 49.8 Å². The number of halogens is 1. The van der Waals surface area contributed by atoms with Crippen molar-refractivity contribution in [3.8, 4) is 5.75 Å². The summed E-state index contributed by atoms with van der Waals surface area (Å²) in [6.45, 7) is 2.71. The molecule has 0 aliphatic heterocycles. The minimum absolute atomic E-state index is 0. The van der Waals surface area contributed by atoms with Crippen LogP contribution < -0.4 is 33.3 Å². The van der Waals surface area contributed by atoms with E-state index in [1.54, 1.807) is 24.4 Å². The van der Waals surface area contributed by atoms with Crippen molar-refractivity contribution >= 4 is 17.8 Å². The molecule has 0 unspecified atom stereocenters. The first-order valence-electron chi connectivity index (χ1n) is 10.6. The number of ketones is 1. The van der Waals surface area contributed by atoms with Gasteiger partial charge in [0.2, 0.25) is 0 Å². The summed E-state index contributed by atoms with van der Waals surface area (Å²) in [6.07, 6.45) is 13.4. The number of hydrogen-bond acceptors (Lipinski definition) is 4. The highest BCUT2D eigenvalue weighted by Crippen LogP contribution is 2.14. The van der Waals surface area contributed by atoms with Crippen LogP contribution in [0.4, 0.5) is 0 Å². The fourth-order valence-electron chi connectivity index (χ4n) is 2.95. The fourth-order valence-corrected chi connectivity index (χ4v) is 2.95. The summed E-state index contributed by atoms with van der Waals surface area (Å²) in [5, 5.41) is 0. The number of nitrogens with zero attached hydrogens (tertiary/aromatic N) is 1. The van der Waals surface area contributed by atoms with Gasteiger partial charge in [0.05, 0.1) is 13.2 Å². The van der Waals surface area contributed by atoms with Gasteiger partial charge >= 0.3 is 5.97 Å². The standard InChI is InChI=1S/C25H32NO4.HI/c1-21(27)11-12-22-13-15-24(16-14-22)29-18-7-5-3-4-6-8-19-30-25(28)23-10-9-17-26(2)20-23;/h9-17,20H,3-8,18-19H2,1-2H3;1H/q+1;/p-1/b12-11+;. The van der Waals surface area contributed by atoms with Crippen molar-refractivity contribution in [1.82, 2.24) is 0 Å². The molecule has 0 saturated heterocycles. The van der Waals surface area contributed by atoms with Crippen molar-refractivity contribution in [3.63, 3.8) is 0 Å². The number of esters is 1. The molecule has 6 heteroatoms. The molecule has 1 aromatic heterocycles. The number of rotatable bonds is 13. The Hall–Kier alpha value is -2.22. The van der Waals surface area contributed by atoms with E-state index in [1.165, 1.54) is 6.92 Å². The summed E-state index contributed by atoms with van der Waals surface area (Å²) >= 11 is 0. The topological polar surface area (TPSA) is 56.5 Å². The number of aryl methyl sites for hydroxylation is 1. The maximum absolute atomic E-state index is 11.9. The van der Waals surface area contributed by atoms with Crippen LogP contribution >= 0.6 is 0 Å². The second-order valence-corrected chi connectivity index (χ2v) is 7.38. The van der Waals surface area contributed by atoms with Gasteiger partial charge in [0, 0.05) is 6.07 Å². The van der Waals surface area contributed by atoms with Crippen molar-refractivity contribution in [2.45, 2.75) is 45.4 Å². The van der Waals surface area contributed by atoms with Gasteiger partial charge in [-0.1, -0.05) is 43.9 Å². The Morgan fingerprint density at radius 1 is 0.935 bits per heavy atom. The molecule has 0 spiro atoms. The lowest BCUT2D eigenvalue weighted by atomic mass is 10.1. The van der Waals surface area contributed by atoms with Gasteiger partial charge in [-0.3, -0.25) is 4.79 Å². The van der Waals surface area contributed by atoms with Crippen molar-refractivity contribution in [3.05, 3.63) is 66.0 Å². The Morgan fingerprint density at radius 2 is 1.58 bits per heavy atom. The number of allylic oxidation sites excluding steroid dienone is 1. The van der Waals surface area contributed by atoms with Crippen LogP contribution in [0.15, 0.2) is 54.9 Å². The molecule has 5 nitrogen and oxygen atoms in total. The third kappa shape index (κ3) is 11.7. The SMILES string of the molecule is CC(=O)/C=C/c1ccc(OCCCCCCCCOC(=O)c2ccc[n+](C)c2)cc1.[I-]. The van der Waals surface area contributed by atoms with E-state index >= 15 is 0 Å². The van der Waals surface area contributed by atoms with Crippen LogP contribution in [0.25, 0.3) is 6.08 Å². The van der Waals surface area contributed by atoms with Crippen molar-refractivity contribution in [2.75, 3.05) is 13.2 Å². The highest BCUT2D eigenvalue weighted by Gasteiger charge is 2.09. The Kier molecular flexibility index (Phi) is 13.5. The number of carbonyl (C=O) groups is 2. The van der Waals surface area contributed by atoms with Gasteiger partial charge in [-0.15, -0.1) is 0 Å². The third-order valence-electron chi connectivity index (χ3n) is 4.61. The maximum Gasteiger partial charge on any atom is 0.344 e. The molecule has 0 bridgehead atoms. The van der Waals surface area contributed by atoms with Crippen molar-refractivity contribution in [1.29, 1.82) is 0 Å². The molecule has 0 N–H and O–H groups in total. The molecule has 2 aromatic rings. The summed E-state index contributed by atoms with van der Waals surface area (Å²) in [7, 11) is 1.88. The second kappa shape index (κ2) is 15.6. The van der Waals surface area contributed by atoms with E-state index in [1.807, 2.05) is 48.1 Å². The third-order valence-corrected chi connectivity index (χ3v) is 4.61. The number of unbranched alkanes of at least 4 members (excludes halogenated alkanes) is 5. The molecule has 31 heavy (non-hydrogen) atoms. The first-order valence-corrected chi connectivity index (χ1v) is 10.6. The van der Waals surface area contributed by atoms with Crippen molar-refractivity contribution < 1.29 is 47.6 Å². The predicted octanol–water partition coefficient (Wildman–Crippen LogP) is 1.69. The van der Waals surface area contributed by atoms with Gasteiger partial charge in [0.25, 0.3) is 0 Å². The van der Waals surface area contributed by atoms with Crippen LogP contribution in [0.5, 0.6) is 5.75 Å². The molecule has 1 aromatic carbocycles. The quantitative estimate of drug-likeness (QED) is 0.128. The minimum atomic E-state index is -0.258. The van der Waals surface area contributed by atoms with Crippen LogP contribution in [0.3, 0.4) is 0 Å². The Bertz CT molecular complexity index is 834. The number of pyridine rings is 1. The molecule has 0 aliphatic rings. The zero-order valence-electron chi connectivity index (χ0n) is 18.4. The van der Waals surface area contributed by atoms with E-state index in [4.69, 9.17) is 9.47 Å². The monoisotopic (exact) mass is 537 g/mol. The molecule has 2 rings (SSSR count). The first-order chi connectivity index (χ1) is 14.5. The summed E-state index contributed by atoms with van der Waals surface area (Å²) in [6, 6.07) is 11.3. The predicted molar refractivity (Wildman–Crippen MR) is 117 cm³/mol. The molecule has 0 aliphatic carbocycles. The number of aromatic nitrogens is 1. The lowest BCUT2D eigenvalue weighted by Crippen LogP contribution is -3.00. The van der Waals surface area contributed by atoms with Crippen LogP contribution in [0.1, 0.15) is 61.4 Å². The average molecular weight is 537 g/mol. The molecular weight excluding hydrogens is 505 g/mol. The zero-order valence-corrected chi connectivity index (χ0v) is 20.5. The molecular formula is C25H32INO4. The molecule has 1 heterocycles. The van der Waals surface area contributed by atoms with Crippen LogP contribution in [-0.4, -0.2) is 25.0 Å². The number of benzene rings is 1. The highest BCUT2D eigenvalue weighted by atomic mass is 127. The van der Waals surface area contributed by atoms with E-state index in [0.29, 0.717) is 18.8 Å². The maximum atomic E-state index is 11.9. The smallest absolute Gasteiger partial charge is 0.344 e. The average Bonchev–Trinajstić information content (AvgIpc) is 2.74. The first kappa shape index (κ1) is 26.8. The van der Waals surface area contributed by atoms with Crippen LogP contribution in [0, 0.1) is 0 Å². The van der Waals surface area contributed by atoms with Gasteiger partial charge in [0.1, 0.15) is 18.4 Å².